The first-order chi connectivity index (χ1) is 7.31. The van der Waals surface area contributed by atoms with E-state index >= 15 is 0 Å². The summed E-state index contributed by atoms with van der Waals surface area (Å²) in [6.07, 6.45) is 6.91. The third-order valence-corrected chi connectivity index (χ3v) is 2.17. The van der Waals surface area contributed by atoms with Crippen molar-refractivity contribution in [2.75, 3.05) is 13.1 Å². The van der Waals surface area contributed by atoms with Gasteiger partial charge in [0.25, 0.3) is 0 Å². The molecule has 0 unspecified atom stereocenters. The minimum Gasteiger partial charge on any atom is -0.337 e. The van der Waals surface area contributed by atoms with Crippen LogP contribution in [0.3, 0.4) is 0 Å². The number of urea groups is 1. The predicted octanol–water partition coefficient (Wildman–Crippen LogP) is 2.17. The van der Waals surface area contributed by atoms with E-state index in [-0.39, 0.29) is 6.03 Å². The second kappa shape index (κ2) is 11.3. The van der Waals surface area contributed by atoms with Crippen molar-refractivity contribution in [1.82, 2.24) is 16.2 Å². The second-order valence-corrected chi connectivity index (χ2v) is 3.72. The lowest BCUT2D eigenvalue weighted by Gasteiger charge is -2.08. The van der Waals surface area contributed by atoms with Gasteiger partial charge in [0, 0.05) is 13.1 Å². The Labute approximate surface area is 93.2 Å². The van der Waals surface area contributed by atoms with Gasteiger partial charge in [0.15, 0.2) is 0 Å². The lowest BCUT2D eigenvalue weighted by Crippen LogP contribution is -2.44. The first-order valence-corrected chi connectivity index (χ1v) is 6.08. The molecule has 0 saturated heterocycles. The molecule has 0 aliphatic rings. The largest absolute Gasteiger partial charge is 0.337 e. The van der Waals surface area contributed by atoms with E-state index < -0.39 is 0 Å². The van der Waals surface area contributed by atoms with E-state index in [1.807, 2.05) is 0 Å². The number of carbonyl (C=O) groups is 1. The van der Waals surface area contributed by atoms with Crippen molar-refractivity contribution in [1.29, 1.82) is 0 Å². The van der Waals surface area contributed by atoms with E-state index in [0.717, 1.165) is 25.9 Å². The highest BCUT2D eigenvalue weighted by molar-refractivity contribution is 5.73. The maximum atomic E-state index is 11.2. The molecule has 0 saturated carbocycles. The summed E-state index contributed by atoms with van der Waals surface area (Å²) in [6, 6.07) is -0.123. The Morgan fingerprint density at radius 2 is 1.53 bits per heavy atom. The molecule has 0 spiro atoms. The first-order valence-electron chi connectivity index (χ1n) is 6.08. The van der Waals surface area contributed by atoms with Crippen LogP contribution in [0.2, 0.25) is 0 Å². The van der Waals surface area contributed by atoms with Crippen molar-refractivity contribution in [3.63, 3.8) is 0 Å². The third-order valence-electron chi connectivity index (χ3n) is 2.17. The van der Waals surface area contributed by atoms with Gasteiger partial charge in [-0.2, -0.15) is 0 Å². The summed E-state index contributed by atoms with van der Waals surface area (Å²) in [5.74, 6) is 0. The number of carbonyl (C=O) groups excluding carboxylic acids is 1. The van der Waals surface area contributed by atoms with E-state index in [1.165, 1.54) is 25.7 Å². The van der Waals surface area contributed by atoms with Crippen LogP contribution in [0.4, 0.5) is 4.79 Å². The molecule has 2 amide bonds. The quantitative estimate of drug-likeness (QED) is 0.408. The second-order valence-electron chi connectivity index (χ2n) is 3.72. The molecule has 0 radical (unpaired) electrons. The molecule has 4 heteroatoms. The Balaban J connectivity index is 3.11. The van der Waals surface area contributed by atoms with Gasteiger partial charge in [-0.15, -0.1) is 0 Å². The van der Waals surface area contributed by atoms with Crippen LogP contribution in [-0.2, 0) is 0 Å². The molecule has 0 heterocycles. The average Bonchev–Trinajstić information content (AvgIpc) is 2.24. The summed E-state index contributed by atoms with van der Waals surface area (Å²) >= 11 is 0. The summed E-state index contributed by atoms with van der Waals surface area (Å²) in [7, 11) is 0. The van der Waals surface area contributed by atoms with Gasteiger partial charge in [-0.25, -0.2) is 10.2 Å². The van der Waals surface area contributed by atoms with Crippen LogP contribution in [-0.4, -0.2) is 19.1 Å². The monoisotopic (exact) mass is 215 g/mol. The van der Waals surface area contributed by atoms with Crippen LogP contribution in [0.15, 0.2) is 0 Å². The van der Waals surface area contributed by atoms with Gasteiger partial charge < -0.3 is 5.32 Å². The molecule has 0 fully saturated rings. The zero-order valence-corrected chi connectivity index (χ0v) is 10.1. The minimum absolute atomic E-state index is 0.123. The molecule has 0 aromatic rings. The number of hydrazine groups is 1. The fourth-order valence-corrected chi connectivity index (χ4v) is 1.23. The number of rotatable bonds is 9. The average molecular weight is 215 g/mol. The van der Waals surface area contributed by atoms with Crippen LogP contribution in [0.5, 0.6) is 0 Å². The van der Waals surface area contributed by atoms with Crippen molar-refractivity contribution in [2.24, 2.45) is 0 Å². The minimum atomic E-state index is -0.123. The maximum absolute atomic E-state index is 11.2. The number of amides is 2. The third kappa shape index (κ3) is 11.2. The molecule has 0 aromatic heterocycles. The fourth-order valence-electron chi connectivity index (χ4n) is 1.23. The molecule has 0 bridgehead atoms. The van der Waals surface area contributed by atoms with Gasteiger partial charge in [0.05, 0.1) is 0 Å². The Kier molecular flexibility index (Phi) is 10.7. The van der Waals surface area contributed by atoms with E-state index in [4.69, 9.17) is 0 Å². The van der Waals surface area contributed by atoms with Crippen LogP contribution in [0.25, 0.3) is 0 Å². The number of hydrogen-bond donors (Lipinski definition) is 3. The topological polar surface area (TPSA) is 53.2 Å². The summed E-state index contributed by atoms with van der Waals surface area (Å²) in [5.41, 5.74) is 5.52. The van der Waals surface area contributed by atoms with Crippen LogP contribution in [0, 0.1) is 0 Å². The lowest BCUT2D eigenvalue weighted by atomic mass is 10.2. The molecule has 0 aliphatic heterocycles. The highest BCUT2D eigenvalue weighted by Gasteiger charge is 1.96. The molecule has 4 nitrogen and oxygen atoms in total. The van der Waals surface area contributed by atoms with E-state index in [9.17, 15) is 4.79 Å². The van der Waals surface area contributed by atoms with Crippen molar-refractivity contribution >= 4 is 6.03 Å². The molecule has 0 rings (SSSR count). The van der Waals surface area contributed by atoms with Gasteiger partial charge in [0.1, 0.15) is 0 Å². The molecule has 3 N–H and O–H groups in total. The molecule has 0 aromatic carbocycles. The standard InChI is InChI=1S/C11H25N3O/c1-3-5-7-9-12-11(15)14-13-10-8-6-4-2/h13H,3-10H2,1-2H3,(H2,12,14,15). The fraction of sp³-hybridized carbons (Fsp3) is 0.909. The Morgan fingerprint density at radius 3 is 2.13 bits per heavy atom. The zero-order chi connectivity index (χ0) is 11.4. The Bertz CT molecular complexity index is 151. The number of unbranched alkanes of at least 4 members (excludes halogenated alkanes) is 4. The normalized spacial score (nSPS) is 10.0. The zero-order valence-electron chi connectivity index (χ0n) is 10.1. The lowest BCUT2D eigenvalue weighted by molar-refractivity contribution is 0.236. The van der Waals surface area contributed by atoms with Gasteiger partial charge in [-0.3, -0.25) is 5.43 Å². The van der Waals surface area contributed by atoms with Crippen molar-refractivity contribution in [2.45, 2.75) is 52.4 Å². The van der Waals surface area contributed by atoms with Crippen molar-refractivity contribution < 1.29 is 4.79 Å². The highest BCUT2D eigenvalue weighted by Crippen LogP contribution is 1.91. The smallest absolute Gasteiger partial charge is 0.329 e. The highest BCUT2D eigenvalue weighted by atomic mass is 16.2. The maximum Gasteiger partial charge on any atom is 0.329 e. The number of nitrogens with one attached hydrogen (secondary N) is 3. The van der Waals surface area contributed by atoms with Crippen molar-refractivity contribution in [3.8, 4) is 0 Å². The molecule has 0 aliphatic carbocycles. The Morgan fingerprint density at radius 1 is 0.933 bits per heavy atom. The van der Waals surface area contributed by atoms with E-state index in [1.54, 1.807) is 0 Å². The summed E-state index contributed by atoms with van der Waals surface area (Å²) < 4.78 is 0. The van der Waals surface area contributed by atoms with Gasteiger partial charge >= 0.3 is 6.03 Å². The van der Waals surface area contributed by atoms with Gasteiger partial charge in [0.2, 0.25) is 0 Å². The predicted molar refractivity (Wildman–Crippen MR) is 63.6 cm³/mol. The number of hydrogen-bond acceptors (Lipinski definition) is 2. The van der Waals surface area contributed by atoms with Gasteiger partial charge in [-0.1, -0.05) is 39.5 Å². The molecular weight excluding hydrogens is 190 g/mol. The molecule has 15 heavy (non-hydrogen) atoms. The summed E-state index contributed by atoms with van der Waals surface area (Å²) in [4.78, 5) is 11.2. The van der Waals surface area contributed by atoms with Crippen LogP contribution < -0.4 is 16.2 Å². The van der Waals surface area contributed by atoms with E-state index in [2.05, 4.69) is 30.0 Å². The first kappa shape index (κ1) is 14.2. The van der Waals surface area contributed by atoms with Crippen LogP contribution >= 0.6 is 0 Å². The SMILES string of the molecule is CCCCCNNC(=O)NCCCCC. The van der Waals surface area contributed by atoms with Crippen LogP contribution in [0.1, 0.15) is 52.4 Å². The van der Waals surface area contributed by atoms with E-state index in [0.29, 0.717) is 0 Å². The van der Waals surface area contributed by atoms with Gasteiger partial charge in [-0.05, 0) is 12.8 Å². The molecule has 90 valence electrons. The molecular formula is C11H25N3O. The Hall–Kier alpha value is -0.770. The summed E-state index contributed by atoms with van der Waals surface area (Å²) in [5, 5.41) is 2.80. The summed E-state index contributed by atoms with van der Waals surface area (Å²) in [6.45, 7) is 5.91. The van der Waals surface area contributed by atoms with Crippen molar-refractivity contribution in [3.05, 3.63) is 0 Å². The molecule has 0 atom stereocenters.